The smallest absolute Gasteiger partial charge is 0.227 e. The zero-order chi connectivity index (χ0) is 20.8. The summed E-state index contributed by atoms with van der Waals surface area (Å²) in [5, 5.41) is 0. The third kappa shape index (κ3) is 5.01. The first kappa shape index (κ1) is 21.0. The first-order chi connectivity index (χ1) is 14.0. The Bertz CT molecular complexity index is 845. The fraction of sp³-hybridized carbons (Fsp3) is 0.435. The second-order valence-corrected chi connectivity index (χ2v) is 7.32. The van der Waals surface area contributed by atoms with Gasteiger partial charge in [-0.3, -0.25) is 9.69 Å². The third-order valence-corrected chi connectivity index (χ3v) is 5.34. The Balaban J connectivity index is 1.60. The van der Waals surface area contributed by atoms with Crippen LogP contribution in [0.15, 0.2) is 36.4 Å². The van der Waals surface area contributed by atoms with Crippen molar-refractivity contribution in [3.05, 3.63) is 53.1 Å². The second kappa shape index (κ2) is 9.65. The minimum absolute atomic E-state index is 0.103. The summed E-state index contributed by atoms with van der Waals surface area (Å²) in [5.74, 6) is 1.76. The molecule has 1 heterocycles. The molecular formula is C23H30N2O4. The highest BCUT2D eigenvalue weighted by atomic mass is 16.5. The van der Waals surface area contributed by atoms with Crippen LogP contribution in [0.3, 0.4) is 0 Å². The largest absolute Gasteiger partial charge is 0.493 e. The summed E-state index contributed by atoms with van der Waals surface area (Å²) in [6.07, 6.45) is 0.279. The molecule has 0 atom stereocenters. The van der Waals surface area contributed by atoms with Crippen molar-refractivity contribution < 1.29 is 19.0 Å². The van der Waals surface area contributed by atoms with Gasteiger partial charge in [0.05, 0.1) is 27.8 Å². The van der Waals surface area contributed by atoms with E-state index in [-0.39, 0.29) is 12.3 Å². The first-order valence-corrected chi connectivity index (χ1v) is 9.89. The van der Waals surface area contributed by atoms with Gasteiger partial charge >= 0.3 is 0 Å². The lowest BCUT2D eigenvalue weighted by Gasteiger charge is -2.35. The fourth-order valence-corrected chi connectivity index (χ4v) is 3.80. The summed E-state index contributed by atoms with van der Waals surface area (Å²) in [6.45, 7) is 6.27. The molecule has 0 N–H and O–H groups in total. The molecule has 1 amide bonds. The lowest BCUT2D eigenvalue weighted by molar-refractivity contribution is -0.132. The monoisotopic (exact) mass is 398 g/mol. The molecule has 2 aromatic rings. The Hall–Kier alpha value is -2.73. The van der Waals surface area contributed by atoms with Crippen molar-refractivity contribution in [1.29, 1.82) is 0 Å². The van der Waals surface area contributed by atoms with E-state index in [2.05, 4.69) is 36.1 Å². The van der Waals surface area contributed by atoms with Gasteiger partial charge < -0.3 is 19.1 Å². The van der Waals surface area contributed by atoms with Gasteiger partial charge in [-0.15, -0.1) is 0 Å². The molecule has 0 aromatic heterocycles. The molecule has 156 valence electrons. The molecule has 2 aromatic carbocycles. The van der Waals surface area contributed by atoms with Crippen LogP contribution in [0.2, 0.25) is 0 Å². The number of carbonyl (C=O) groups is 1. The second-order valence-electron chi connectivity index (χ2n) is 7.32. The van der Waals surface area contributed by atoms with Gasteiger partial charge in [-0.2, -0.15) is 0 Å². The van der Waals surface area contributed by atoms with Crippen molar-refractivity contribution in [2.45, 2.75) is 19.9 Å². The van der Waals surface area contributed by atoms with E-state index in [0.29, 0.717) is 17.2 Å². The van der Waals surface area contributed by atoms with Crippen LogP contribution in [0, 0.1) is 6.92 Å². The number of amides is 1. The summed E-state index contributed by atoms with van der Waals surface area (Å²) >= 11 is 0. The number of rotatable bonds is 7. The molecule has 1 aliphatic heterocycles. The zero-order valence-corrected chi connectivity index (χ0v) is 17.7. The maximum absolute atomic E-state index is 12.9. The highest BCUT2D eigenvalue weighted by Gasteiger charge is 2.24. The van der Waals surface area contributed by atoms with Gasteiger partial charge in [-0.1, -0.05) is 35.9 Å². The van der Waals surface area contributed by atoms with Crippen molar-refractivity contribution in [1.82, 2.24) is 9.80 Å². The zero-order valence-electron chi connectivity index (χ0n) is 17.7. The van der Waals surface area contributed by atoms with Crippen LogP contribution in [0.1, 0.15) is 16.7 Å². The van der Waals surface area contributed by atoms with Crippen molar-refractivity contribution in [3.8, 4) is 17.2 Å². The Kier molecular flexibility index (Phi) is 6.99. The number of nitrogens with zero attached hydrogens (tertiary/aromatic N) is 2. The van der Waals surface area contributed by atoms with E-state index in [0.717, 1.165) is 38.3 Å². The number of aryl methyl sites for hydroxylation is 1. The Labute approximate surface area is 173 Å². The van der Waals surface area contributed by atoms with Crippen molar-refractivity contribution >= 4 is 5.91 Å². The predicted molar refractivity (Wildman–Crippen MR) is 113 cm³/mol. The molecule has 29 heavy (non-hydrogen) atoms. The molecule has 0 saturated carbocycles. The summed E-state index contributed by atoms with van der Waals surface area (Å²) in [7, 11) is 4.73. The Morgan fingerprint density at radius 1 is 0.931 bits per heavy atom. The van der Waals surface area contributed by atoms with Crippen molar-refractivity contribution in [3.63, 3.8) is 0 Å². The van der Waals surface area contributed by atoms with E-state index in [1.807, 2.05) is 17.0 Å². The van der Waals surface area contributed by atoms with E-state index in [1.54, 1.807) is 21.3 Å². The number of benzene rings is 2. The minimum atomic E-state index is 0.103. The molecule has 1 saturated heterocycles. The molecule has 1 aliphatic rings. The summed E-state index contributed by atoms with van der Waals surface area (Å²) in [4.78, 5) is 17.2. The van der Waals surface area contributed by atoms with E-state index in [9.17, 15) is 4.79 Å². The SMILES string of the molecule is COc1ccc(CC(=O)N2CCN(Cc3cccc(C)c3)CC2)c(OC)c1OC. The number of methoxy groups -OCH3 is 3. The average molecular weight is 399 g/mol. The van der Waals surface area contributed by atoms with Crippen LogP contribution >= 0.6 is 0 Å². The molecule has 1 fully saturated rings. The van der Waals surface area contributed by atoms with Gasteiger partial charge in [0.2, 0.25) is 11.7 Å². The van der Waals surface area contributed by atoms with Crippen molar-refractivity contribution in [2.75, 3.05) is 47.5 Å². The molecular weight excluding hydrogens is 368 g/mol. The maximum atomic E-state index is 12.9. The average Bonchev–Trinajstić information content (AvgIpc) is 2.73. The molecule has 0 radical (unpaired) electrons. The van der Waals surface area contributed by atoms with Gasteiger partial charge in [-0.25, -0.2) is 0 Å². The fourth-order valence-electron chi connectivity index (χ4n) is 3.80. The lowest BCUT2D eigenvalue weighted by Crippen LogP contribution is -2.48. The van der Waals surface area contributed by atoms with Crippen LogP contribution in [0.5, 0.6) is 17.2 Å². The number of ether oxygens (including phenoxy) is 3. The Morgan fingerprint density at radius 3 is 2.28 bits per heavy atom. The minimum Gasteiger partial charge on any atom is -0.493 e. The van der Waals surface area contributed by atoms with Gasteiger partial charge in [-0.05, 0) is 18.6 Å². The van der Waals surface area contributed by atoms with Gasteiger partial charge in [0, 0.05) is 38.3 Å². The Morgan fingerprint density at radius 2 is 1.66 bits per heavy atom. The number of carbonyl (C=O) groups excluding carboxylic acids is 1. The van der Waals surface area contributed by atoms with Crippen LogP contribution < -0.4 is 14.2 Å². The van der Waals surface area contributed by atoms with Crippen molar-refractivity contribution in [2.24, 2.45) is 0 Å². The van der Waals surface area contributed by atoms with E-state index < -0.39 is 0 Å². The van der Waals surface area contributed by atoms with Crippen LogP contribution in [0.25, 0.3) is 0 Å². The first-order valence-electron chi connectivity index (χ1n) is 9.89. The summed E-state index contributed by atoms with van der Waals surface area (Å²) in [5.41, 5.74) is 3.40. The predicted octanol–water partition coefficient (Wildman–Crippen LogP) is 2.91. The molecule has 6 nitrogen and oxygen atoms in total. The van der Waals surface area contributed by atoms with E-state index in [1.165, 1.54) is 11.1 Å². The molecule has 0 aliphatic carbocycles. The maximum Gasteiger partial charge on any atom is 0.227 e. The standard InChI is InChI=1S/C23H30N2O4/c1-17-6-5-7-18(14-17)16-24-10-12-25(13-11-24)21(26)15-19-8-9-20(27-2)23(29-4)22(19)28-3/h5-9,14H,10-13,15-16H2,1-4H3. The van der Waals surface area contributed by atoms with Gasteiger partial charge in [0.1, 0.15) is 0 Å². The van der Waals surface area contributed by atoms with Gasteiger partial charge in [0.15, 0.2) is 11.5 Å². The van der Waals surface area contributed by atoms with E-state index in [4.69, 9.17) is 14.2 Å². The summed E-state index contributed by atoms with van der Waals surface area (Å²) in [6, 6.07) is 12.3. The number of hydrogen-bond acceptors (Lipinski definition) is 5. The summed E-state index contributed by atoms with van der Waals surface area (Å²) < 4.78 is 16.2. The number of piperazine rings is 1. The quantitative estimate of drug-likeness (QED) is 0.718. The molecule has 0 unspecified atom stereocenters. The van der Waals surface area contributed by atoms with E-state index >= 15 is 0 Å². The highest BCUT2D eigenvalue weighted by Crippen LogP contribution is 2.40. The molecule has 0 spiro atoms. The third-order valence-electron chi connectivity index (χ3n) is 5.34. The highest BCUT2D eigenvalue weighted by molar-refractivity contribution is 5.80. The molecule has 3 rings (SSSR count). The van der Waals surface area contributed by atoms with Crippen LogP contribution in [0.4, 0.5) is 0 Å². The number of hydrogen-bond donors (Lipinski definition) is 0. The van der Waals surface area contributed by atoms with Gasteiger partial charge in [0.25, 0.3) is 0 Å². The normalized spacial score (nSPS) is 14.6. The van der Waals surface area contributed by atoms with Crippen LogP contribution in [-0.2, 0) is 17.8 Å². The van der Waals surface area contributed by atoms with Crippen LogP contribution in [-0.4, -0.2) is 63.2 Å². The lowest BCUT2D eigenvalue weighted by atomic mass is 10.1. The topological polar surface area (TPSA) is 51.2 Å². The molecule has 0 bridgehead atoms. The molecule has 6 heteroatoms.